The molecule has 0 aliphatic carbocycles. The molecule has 0 radical (unpaired) electrons. The van der Waals surface area contributed by atoms with Gasteiger partial charge in [0.15, 0.2) is 0 Å². The van der Waals surface area contributed by atoms with E-state index in [0.29, 0.717) is 11.3 Å². The molecule has 3 heteroatoms. The maximum Gasteiger partial charge on any atom is 0.0403 e. The molecule has 0 aromatic heterocycles. The highest BCUT2D eigenvalue weighted by Gasteiger charge is 2.44. The second kappa shape index (κ2) is 13.4. The summed E-state index contributed by atoms with van der Waals surface area (Å²) in [5.41, 5.74) is 13.9. The topological polar surface area (TPSA) is 55.3 Å². The molecular weight excluding hydrogens is 366 g/mol. The summed E-state index contributed by atoms with van der Waals surface area (Å²) in [7, 11) is 2.19. The molecule has 0 saturated heterocycles. The number of nitrogens with two attached hydrogens (primary N) is 2. The van der Waals surface area contributed by atoms with Gasteiger partial charge in [-0.1, -0.05) is 80.6 Å². The van der Waals surface area contributed by atoms with E-state index in [2.05, 4.69) is 74.3 Å². The molecule has 5 unspecified atom stereocenters. The molecule has 30 heavy (non-hydrogen) atoms. The van der Waals surface area contributed by atoms with Crippen LogP contribution in [0.25, 0.3) is 0 Å². The van der Waals surface area contributed by atoms with E-state index in [1.165, 1.54) is 51.4 Å². The summed E-state index contributed by atoms with van der Waals surface area (Å²) in [6.45, 7) is 21.9. The zero-order chi connectivity index (χ0) is 23.6. The second-order valence-electron chi connectivity index (χ2n) is 11.7. The van der Waals surface area contributed by atoms with Crippen LogP contribution in [0.1, 0.15) is 127 Å². The molecule has 0 saturated carbocycles. The van der Waals surface area contributed by atoms with Crippen molar-refractivity contribution in [1.82, 2.24) is 4.90 Å². The fourth-order valence-electron chi connectivity index (χ4n) is 5.44. The molecule has 0 aliphatic rings. The third kappa shape index (κ3) is 9.57. The molecule has 0 spiro atoms. The molecule has 182 valence electrons. The number of likely N-dealkylation sites (N-methyl/N-ethyl adjacent to an activating group) is 1. The molecule has 0 aliphatic heterocycles. The van der Waals surface area contributed by atoms with Crippen LogP contribution in [0.5, 0.6) is 0 Å². The van der Waals surface area contributed by atoms with Crippen molar-refractivity contribution in [3.63, 3.8) is 0 Å². The Bertz CT molecular complexity index is 445. The average molecular weight is 426 g/mol. The highest BCUT2D eigenvalue weighted by atomic mass is 15.2. The second-order valence-corrected chi connectivity index (χ2v) is 11.7. The van der Waals surface area contributed by atoms with Crippen molar-refractivity contribution in [2.24, 2.45) is 28.7 Å². The Balaban J connectivity index is 5.42. The third-order valence-corrected chi connectivity index (χ3v) is 8.15. The molecule has 3 nitrogen and oxygen atoms in total. The Morgan fingerprint density at radius 3 is 1.97 bits per heavy atom. The van der Waals surface area contributed by atoms with Gasteiger partial charge in [-0.2, -0.15) is 0 Å². The van der Waals surface area contributed by atoms with E-state index in [1.54, 1.807) is 0 Å². The maximum absolute atomic E-state index is 7.04. The molecule has 0 bridgehead atoms. The van der Waals surface area contributed by atoms with Gasteiger partial charge in [-0.25, -0.2) is 0 Å². The van der Waals surface area contributed by atoms with Gasteiger partial charge in [0.05, 0.1) is 0 Å². The molecule has 4 N–H and O–H groups in total. The quantitative estimate of drug-likeness (QED) is 0.247. The first kappa shape index (κ1) is 29.9. The summed E-state index contributed by atoms with van der Waals surface area (Å²) < 4.78 is 0. The number of unbranched alkanes of at least 4 members (excludes halogenated alkanes) is 3. The Hall–Kier alpha value is -0.120. The van der Waals surface area contributed by atoms with Gasteiger partial charge in [-0.3, -0.25) is 4.90 Å². The zero-order valence-electron chi connectivity index (χ0n) is 22.6. The summed E-state index contributed by atoms with van der Waals surface area (Å²) in [6.07, 6.45) is 12.5. The van der Waals surface area contributed by atoms with Crippen molar-refractivity contribution < 1.29 is 0 Å². The van der Waals surface area contributed by atoms with Gasteiger partial charge in [0.25, 0.3) is 0 Å². The van der Waals surface area contributed by atoms with Gasteiger partial charge in [0.1, 0.15) is 0 Å². The van der Waals surface area contributed by atoms with Crippen LogP contribution < -0.4 is 11.5 Å². The fraction of sp³-hybridized carbons (Fsp3) is 1.00. The molecule has 0 amide bonds. The minimum absolute atomic E-state index is 0.0490. The van der Waals surface area contributed by atoms with Gasteiger partial charge in [-0.15, -0.1) is 0 Å². The zero-order valence-corrected chi connectivity index (χ0v) is 22.6. The Labute approximate surface area is 191 Å². The van der Waals surface area contributed by atoms with Crippen LogP contribution in [0, 0.1) is 17.3 Å². The van der Waals surface area contributed by atoms with Crippen LogP contribution >= 0.6 is 0 Å². The molecule has 0 aromatic carbocycles. The smallest absolute Gasteiger partial charge is 0.0403 e. The lowest BCUT2D eigenvalue weighted by Crippen LogP contribution is -2.68. The largest absolute Gasteiger partial charge is 0.325 e. The molecule has 0 aromatic rings. The lowest BCUT2D eigenvalue weighted by Gasteiger charge is -2.50. The first-order valence-electron chi connectivity index (χ1n) is 13.0. The molecule has 5 atom stereocenters. The average Bonchev–Trinajstić information content (AvgIpc) is 2.68. The monoisotopic (exact) mass is 425 g/mol. The third-order valence-electron chi connectivity index (χ3n) is 8.15. The minimum Gasteiger partial charge on any atom is -0.325 e. The summed E-state index contributed by atoms with van der Waals surface area (Å²) >= 11 is 0. The summed E-state index contributed by atoms with van der Waals surface area (Å²) in [6, 6.07) is -0.0490. The number of hydrogen-bond donors (Lipinski definition) is 2. The predicted octanol–water partition coefficient (Wildman–Crippen LogP) is 6.98. The maximum atomic E-state index is 7.04. The number of rotatable bonds is 17. The molecule has 0 rings (SSSR count). The van der Waals surface area contributed by atoms with Crippen molar-refractivity contribution in [3.8, 4) is 0 Å². The van der Waals surface area contributed by atoms with E-state index < -0.39 is 0 Å². The van der Waals surface area contributed by atoms with Crippen molar-refractivity contribution in [3.05, 3.63) is 0 Å². The number of hydrogen-bond acceptors (Lipinski definition) is 3. The molecule has 0 heterocycles. The summed E-state index contributed by atoms with van der Waals surface area (Å²) in [5.74, 6) is 1.38. The van der Waals surface area contributed by atoms with E-state index >= 15 is 0 Å². The van der Waals surface area contributed by atoms with Crippen LogP contribution in [0.2, 0.25) is 0 Å². The summed E-state index contributed by atoms with van der Waals surface area (Å²) in [5, 5.41) is 0. The highest BCUT2D eigenvalue weighted by Crippen LogP contribution is 2.39. The molecule has 0 fully saturated rings. The van der Waals surface area contributed by atoms with E-state index in [9.17, 15) is 0 Å². The lowest BCUT2D eigenvalue weighted by molar-refractivity contribution is 0.0622. The standard InChI is InChI=1S/C27H59N3/c1-11-15-16-17-18-25(6,7)20-23(19-22(5)12-2)21-26(8,29)24(28)27(9,13-3)30(10)14-4/h22-24H,11-21,28-29H2,1-10H3. The van der Waals surface area contributed by atoms with Crippen LogP contribution in [0.3, 0.4) is 0 Å². The fourth-order valence-corrected chi connectivity index (χ4v) is 5.44. The van der Waals surface area contributed by atoms with Crippen LogP contribution in [0.4, 0.5) is 0 Å². The molecular formula is C27H59N3. The Morgan fingerprint density at radius 2 is 1.50 bits per heavy atom. The first-order chi connectivity index (χ1) is 13.8. The SMILES string of the molecule is CCCCCCC(C)(C)CC(CC(C)CC)CC(C)(N)C(N)C(C)(CC)N(C)CC. The van der Waals surface area contributed by atoms with Gasteiger partial charge in [-0.05, 0) is 76.8 Å². The van der Waals surface area contributed by atoms with Gasteiger partial charge in [0.2, 0.25) is 0 Å². The van der Waals surface area contributed by atoms with Crippen molar-refractivity contribution >= 4 is 0 Å². The number of nitrogens with zero attached hydrogens (tertiary/aromatic N) is 1. The van der Waals surface area contributed by atoms with E-state index in [0.717, 1.165) is 25.3 Å². The Morgan fingerprint density at radius 1 is 0.900 bits per heavy atom. The van der Waals surface area contributed by atoms with E-state index in [-0.39, 0.29) is 17.1 Å². The van der Waals surface area contributed by atoms with Crippen LogP contribution in [-0.2, 0) is 0 Å². The van der Waals surface area contributed by atoms with Crippen LogP contribution in [-0.4, -0.2) is 35.6 Å². The van der Waals surface area contributed by atoms with Gasteiger partial charge >= 0.3 is 0 Å². The van der Waals surface area contributed by atoms with Crippen molar-refractivity contribution in [2.75, 3.05) is 13.6 Å². The minimum atomic E-state index is -0.370. The van der Waals surface area contributed by atoms with E-state index in [4.69, 9.17) is 11.5 Å². The Kier molecular flexibility index (Phi) is 13.4. The van der Waals surface area contributed by atoms with E-state index in [1.807, 2.05) is 0 Å². The van der Waals surface area contributed by atoms with Crippen molar-refractivity contribution in [2.45, 2.75) is 144 Å². The van der Waals surface area contributed by atoms with Gasteiger partial charge in [0, 0.05) is 17.1 Å². The normalized spacial score (nSPS) is 19.9. The lowest BCUT2D eigenvalue weighted by atomic mass is 9.68. The van der Waals surface area contributed by atoms with Gasteiger partial charge < -0.3 is 11.5 Å². The van der Waals surface area contributed by atoms with Crippen LogP contribution in [0.15, 0.2) is 0 Å². The van der Waals surface area contributed by atoms with Crippen molar-refractivity contribution in [1.29, 1.82) is 0 Å². The predicted molar refractivity (Wildman–Crippen MR) is 137 cm³/mol. The first-order valence-corrected chi connectivity index (χ1v) is 13.0. The summed E-state index contributed by atoms with van der Waals surface area (Å²) in [4.78, 5) is 2.39. The highest BCUT2D eigenvalue weighted by molar-refractivity contribution is 5.06.